The Morgan fingerprint density at radius 2 is 1.88 bits per heavy atom. The Balaban J connectivity index is 3.47. The second kappa shape index (κ2) is 4.40. The molecule has 1 aromatic rings. The number of sulfone groups is 1. The van der Waals surface area contributed by atoms with Crippen LogP contribution in [0.5, 0.6) is 11.5 Å². The summed E-state index contributed by atoms with van der Waals surface area (Å²) in [6.45, 7) is 0. The highest BCUT2D eigenvalue weighted by molar-refractivity contribution is 8.06. The highest BCUT2D eigenvalue weighted by atomic mass is 32.2. The van der Waals surface area contributed by atoms with Crippen LogP contribution in [0.25, 0.3) is 0 Å². The number of nitrogens with two attached hydrogens (primary N) is 1. The Hall–Kier alpha value is -1.76. The molecule has 2 N–H and O–H groups in total. The van der Waals surface area contributed by atoms with E-state index in [4.69, 9.17) is 15.2 Å². The molecule has 6 nitrogen and oxygen atoms in total. The normalized spacial score (nSPS) is 10.9. The van der Waals surface area contributed by atoms with Gasteiger partial charge in [0.05, 0.1) is 14.2 Å². The molecule has 0 saturated carbocycles. The van der Waals surface area contributed by atoms with Crippen LogP contribution in [0.15, 0.2) is 23.1 Å². The topological polar surface area (TPSA) is 95.7 Å². The van der Waals surface area contributed by atoms with Crippen LogP contribution in [0.1, 0.15) is 0 Å². The Bertz CT molecular complexity index is 509. The number of hydrogen-bond acceptors (Lipinski definition) is 5. The Morgan fingerprint density at radius 3 is 2.31 bits per heavy atom. The maximum absolute atomic E-state index is 11.6. The Morgan fingerprint density at radius 1 is 1.25 bits per heavy atom. The molecule has 0 aliphatic heterocycles. The first-order chi connectivity index (χ1) is 7.43. The molecule has 0 spiro atoms. The number of carbonyl (C=O) groups is 1. The van der Waals surface area contributed by atoms with Crippen LogP contribution < -0.4 is 15.2 Å². The molecule has 1 amide bonds. The average Bonchev–Trinajstić information content (AvgIpc) is 2.27. The van der Waals surface area contributed by atoms with E-state index in [1.807, 2.05) is 0 Å². The fraction of sp³-hybridized carbons (Fsp3) is 0.222. The van der Waals surface area contributed by atoms with Crippen LogP contribution in [0.3, 0.4) is 0 Å². The zero-order valence-corrected chi connectivity index (χ0v) is 9.58. The molecule has 0 heterocycles. The first kappa shape index (κ1) is 12.3. The minimum atomic E-state index is -4.22. The summed E-state index contributed by atoms with van der Waals surface area (Å²) in [5.41, 5.74) is 4.79. The fourth-order valence-electron chi connectivity index (χ4n) is 1.10. The average molecular weight is 245 g/mol. The number of ether oxygens (including phenoxy) is 2. The molecule has 0 fully saturated rings. The Kier molecular flexibility index (Phi) is 3.38. The van der Waals surface area contributed by atoms with E-state index in [9.17, 15) is 13.2 Å². The summed E-state index contributed by atoms with van der Waals surface area (Å²) < 4.78 is 32.8. The second-order valence-electron chi connectivity index (χ2n) is 2.84. The van der Waals surface area contributed by atoms with Crippen LogP contribution in [0, 0.1) is 0 Å². The number of methoxy groups -OCH3 is 2. The summed E-state index contributed by atoms with van der Waals surface area (Å²) in [5.74, 6) is 0.334. The lowest BCUT2D eigenvalue weighted by Gasteiger charge is -2.08. The van der Waals surface area contributed by atoms with E-state index in [0.29, 0.717) is 5.75 Å². The summed E-state index contributed by atoms with van der Waals surface area (Å²) in [7, 11) is -1.55. The van der Waals surface area contributed by atoms with E-state index < -0.39 is 15.1 Å². The predicted octanol–water partition coefficient (Wildman–Crippen LogP) is 0.556. The van der Waals surface area contributed by atoms with Gasteiger partial charge in [-0.2, -0.15) is 0 Å². The number of amides is 1. The second-order valence-corrected chi connectivity index (χ2v) is 4.69. The molecule has 0 aliphatic carbocycles. The molecule has 0 bridgehead atoms. The molecule has 0 aliphatic rings. The van der Waals surface area contributed by atoms with Crippen molar-refractivity contribution >= 4 is 15.1 Å². The molecular formula is C9H11NO5S. The molecule has 0 unspecified atom stereocenters. The molecule has 0 atom stereocenters. The number of primary amides is 1. The van der Waals surface area contributed by atoms with Gasteiger partial charge in [-0.3, -0.25) is 4.79 Å². The number of rotatable bonds is 3. The van der Waals surface area contributed by atoms with E-state index in [-0.39, 0.29) is 10.6 Å². The lowest BCUT2D eigenvalue weighted by molar-refractivity contribution is 0.265. The zero-order chi connectivity index (χ0) is 12.3. The molecule has 1 aromatic carbocycles. The van der Waals surface area contributed by atoms with Crippen LogP contribution in [0.4, 0.5) is 4.79 Å². The van der Waals surface area contributed by atoms with Gasteiger partial charge in [0.2, 0.25) is 0 Å². The third-order valence-corrected chi connectivity index (χ3v) is 3.35. The van der Waals surface area contributed by atoms with E-state index in [2.05, 4.69) is 0 Å². The monoisotopic (exact) mass is 245 g/mol. The van der Waals surface area contributed by atoms with Crippen LogP contribution in [-0.4, -0.2) is 27.9 Å². The molecule has 88 valence electrons. The van der Waals surface area contributed by atoms with Crippen molar-refractivity contribution in [3.8, 4) is 11.5 Å². The lowest BCUT2D eigenvalue weighted by Crippen LogP contribution is -2.22. The largest absolute Gasteiger partial charge is 0.497 e. The maximum atomic E-state index is 11.6. The highest BCUT2D eigenvalue weighted by Crippen LogP contribution is 2.28. The third-order valence-electron chi connectivity index (χ3n) is 1.93. The van der Waals surface area contributed by atoms with E-state index in [0.717, 1.165) is 0 Å². The summed E-state index contributed by atoms with van der Waals surface area (Å²) in [4.78, 5) is 10.5. The van der Waals surface area contributed by atoms with E-state index in [1.165, 1.54) is 32.4 Å². The van der Waals surface area contributed by atoms with Crippen molar-refractivity contribution in [1.82, 2.24) is 0 Å². The van der Waals surface area contributed by atoms with Gasteiger partial charge in [0, 0.05) is 6.07 Å². The maximum Gasteiger partial charge on any atom is 0.338 e. The van der Waals surface area contributed by atoms with Gasteiger partial charge in [-0.15, -0.1) is 0 Å². The first-order valence-corrected chi connectivity index (χ1v) is 5.68. The van der Waals surface area contributed by atoms with Crippen LogP contribution >= 0.6 is 0 Å². The molecular weight excluding hydrogens is 234 g/mol. The molecule has 16 heavy (non-hydrogen) atoms. The van der Waals surface area contributed by atoms with Gasteiger partial charge in [-0.05, 0) is 12.1 Å². The van der Waals surface area contributed by atoms with Gasteiger partial charge in [-0.1, -0.05) is 0 Å². The predicted molar refractivity (Wildman–Crippen MR) is 56.3 cm³/mol. The number of benzene rings is 1. The van der Waals surface area contributed by atoms with Gasteiger partial charge < -0.3 is 15.2 Å². The van der Waals surface area contributed by atoms with Gasteiger partial charge in [0.1, 0.15) is 16.4 Å². The van der Waals surface area contributed by atoms with Crippen LogP contribution in [-0.2, 0) is 9.84 Å². The third kappa shape index (κ3) is 2.08. The van der Waals surface area contributed by atoms with Crippen molar-refractivity contribution in [3.05, 3.63) is 18.2 Å². The number of hydrogen-bond donors (Lipinski definition) is 1. The SMILES string of the molecule is COc1ccc(OC)c(S(=O)(=O)C(N)=O)c1. The minimum Gasteiger partial charge on any atom is -0.497 e. The van der Waals surface area contributed by atoms with Gasteiger partial charge in [0.15, 0.2) is 0 Å². The van der Waals surface area contributed by atoms with Crippen molar-refractivity contribution in [2.45, 2.75) is 4.90 Å². The highest BCUT2D eigenvalue weighted by Gasteiger charge is 2.26. The van der Waals surface area contributed by atoms with Crippen LogP contribution in [0.2, 0.25) is 0 Å². The summed E-state index contributed by atoms with van der Waals surface area (Å²) >= 11 is 0. The van der Waals surface area contributed by atoms with E-state index in [1.54, 1.807) is 0 Å². The van der Waals surface area contributed by atoms with Gasteiger partial charge in [-0.25, -0.2) is 8.42 Å². The van der Waals surface area contributed by atoms with Gasteiger partial charge >= 0.3 is 5.24 Å². The zero-order valence-electron chi connectivity index (χ0n) is 8.76. The van der Waals surface area contributed by atoms with Crippen molar-refractivity contribution in [1.29, 1.82) is 0 Å². The van der Waals surface area contributed by atoms with Crippen molar-refractivity contribution in [2.75, 3.05) is 14.2 Å². The Labute approximate surface area is 92.9 Å². The quantitative estimate of drug-likeness (QED) is 0.839. The fourth-order valence-corrected chi connectivity index (χ4v) is 2.01. The first-order valence-electron chi connectivity index (χ1n) is 4.20. The van der Waals surface area contributed by atoms with Gasteiger partial charge in [0.25, 0.3) is 9.84 Å². The minimum absolute atomic E-state index is 0.0413. The summed E-state index contributed by atoms with van der Waals surface area (Å²) in [6, 6.07) is 4.08. The van der Waals surface area contributed by atoms with E-state index >= 15 is 0 Å². The summed E-state index contributed by atoms with van der Waals surface area (Å²) in [5, 5.41) is -1.43. The molecule has 0 saturated heterocycles. The molecule has 7 heteroatoms. The summed E-state index contributed by atoms with van der Waals surface area (Å²) in [6.07, 6.45) is 0. The smallest absolute Gasteiger partial charge is 0.338 e. The lowest BCUT2D eigenvalue weighted by atomic mass is 10.3. The molecule has 1 rings (SSSR count). The standard InChI is InChI=1S/C9H11NO5S/c1-14-6-3-4-7(15-2)8(5-6)16(12,13)9(10)11/h3-5H,1-2H3,(H2,10,11). The molecule has 0 radical (unpaired) electrons. The van der Waals surface area contributed by atoms with Crippen molar-refractivity contribution < 1.29 is 22.7 Å². The molecule has 0 aromatic heterocycles. The van der Waals surface area contributed by atoms with Crippen molar-refractivity contribution in [2.24, 2.45) is 5.73 Å². The number of carbonyl (C=O) groups excluding carboxylic acids is 1. The van der Waals surface area contributed by atoms with Crippen molar-refractivity contribution in [3.63, 3.8) is 0 Å².